The Kier molecular flexibility index (Phi) is 6.11. The number of halogens is 1. The summed E-state index contributed by atoms with van der Waals surface area (Å²) in [5.74, 6) is -0.770. The molecule has 0 N–H and O–H groups in total. The fourth-order valence-electron chi connectivity index (χ4n) is 2.27. The van der Waals surface area contributed by atoms with E-state index >= 15 is 0 Å². The number of hydrogen-bond acceptors (Lipinski definition) is 5. The normalized spacial score (nSPS) is 11.5. The van der Waals surface area contributed by atoms with Gasteiger partial charge in [0.05, 0.1) is 20.6 Å². The fourth-order valence-corrected chi connectivity index (χ4v) is 2.27. The minimum atomic E-state index is -0.941. The zero-order valence-corrected chi connectivity index (χ0v) is 14.2. The molecule has 6 heteroatoms. The van der Waals surface area contributed by atoms with Gasteiger partial charge in [0, 0.05) is 5.56 Å². The van der Waals surface area contributed by atoms with Gasteiger partial charge in [0.2, 0.25) is 5.78 Å². The molecule has 2 aromatic rings. The van der Waals surface area contributed by atoms with Gasteiger partial charge in [0.1, 0.15) is 5.75 Å². The third kappa shape index (κ3) is 4.79. The molecule has 0 aliphatic rings. The Balaban J connectivity index is 1.96. The molecule has 0 heterocycles. The second-order valence-electron chi connectivity index (χ2n) is 5.37. The monoisotopic (exact) mass is 346 g/mol. The Hall–Kier alpha value is -2.89. The summed E-state index contributed by atoms with van der Waals surface area (Å²) in [6.07, 6.45) is -1.08. The molecule has 0 amide bonds. The van der Waals surface area contributed by atoms with E-state index in [-0.39, 0.29) is 18.0 Å². The summed E-state index contributed by atoms with van der Waals surface area (Å²) in [5, 5.41) is 0. The van der Waals surface area contributed by atoms with Gasteiger partial charge in [0.15, 0.2) is 17.7 Å². The Morgan fingerprint density at radius 2 is 1.72 bits per heavy atom. The third-order valence-electron chi connectivity index (χ3n) is 3.62. The Morgan fingerprint density at radius 3 is 2.28 bits per heavy atom. The van der Waals surface area contributed by atoms with E-state index in [1.165, 1.54) is 33.3 Å². The average molecular weight is 346 g/mol. The lowest BCUT2D eigenvalue weighted by atomic mass is 10.1. The van der Waals surface area contributed by atoms with Gasteiger partial charge in [0.25, 0.3) is 0 Å². The quantitative estimate of drug-likeness (QED) is 0.569. The van der Waals surface area contributed by atoms with Crippen LogP contribution in [0.25, 0.3) is 0 Å². The summed E-state index contributed by atoms with van der Waals surface area (Å²) in [6.45, 7) is 1.50. The number of ether oxygens (including phenoxy) is 3. The van der Waals surface area contributed by atoms with Crippen LogP contribution in [0.4, 0.5) is 4.39 Å². The van der Waals surface area contributed by atoms with Crippen LogP contribution >= 0.6 is 0 Å². The average Bonchev–Trinajstić information content (AvgIpc) is 2.61. The van der Waals surface area contributed by atoms with E-state index in [0.717, 1.165) is 0 Å². The van der Waals surface area contributed by atoms with Crippen LogP contribution in [0.3, 0.4) is 0 Å². The molecule has 0 radical (unpaired) electrons. The molecule has 0 aromatic heterocycles. The van der Waals surface area contributed by atoms with Crippen molar-refractivity contribution >= 4 is 11.8 Å². The first-order valence-electron chi connectivity index (χ1n) is 7.64. The molecule has 2 rings (SSSR count). The number of ketones is 1. The van der Waals surface area contributed by atoms with Crippen LogP contribution in [-0.2, 0) is 16.0 Å². The fraction of sp³-hybridized carbons (Fsp3) is 0.263. The number of rotatable bonds is 7. The maximum atomic E-state index is 13.6. The van der Waals surface area contributed by atoms with E-state index in [4.69, 9.17) is 14.2 Å². The molecule has 0 fully saturated rings. The molecule has 25 heavy (non-hydrogen) atoms. The van der Waals surface area contributed by atoms with E-state index in [1.54, 1.807) is 30.3 Å². The van der Waals surface area contributed by atoms with E-state index in [2.05, 4.69) is 0 Å². The van der Waals surface area contributed by atoms with Crippen LogP contribution in [-0.4, -0.2) is 32.1 Å². The molecule has 0 spiro atoms. The standard InChI is InChI=1S/C19H19FO5/c1-12(19(22)14-5-7-15(23-2)8-6-14)25-18(21)11-13-4-9-17(24-3)16(20)10-13/h4-10,12H,11H2,1-3H3/t12-/m1/s1. The first-order valence-corrected chi connectivity index (χ1v) is 7.64. The highest BCUT2D eigenvalue weighted by Gasteiger charge is 2.20. The highest BCUT2D eigenvalue weighted by molar-refractivity contribution is 6.00. The van der Waals surface area contributed by atoms with Crippen molar-refractivity contribution in [2.24, 2.45) is 0 Å². The minimum absolute atomic E-state index is 0.0974. The van der Waals surface area contributed by atoms with Crippen LogP contribution in [0.5, 0.6) is 11.5 Å². The number of hydrogen-bond donors (Lipinski definition) is 0. The van der Waals surface area contributed by atoms with Crippen molar-refractivity contribution in [3.63, 3.8) is 0 Å². The number of carbonyl (C=O) groups is 2. The van der Waals surface area contributed by atoms with Gasteiger partial charge in [-0.2, -0.15) is 0 Å². The van der Waals surface area contributed by atoms with Crippen molar-refractivity contribution in [2.75, 3.05) is 14.2 Å². The lowest BCUT2D eigenvalue weighted by Crippen LogP contribution is -2.25. The second-order valence-corrected chi connectivity index (χ2v) is 5.37. The zero-order valence-electron chi connectivity index (χ0n) is 14.2. The molecule has 2 aromatic carbocycles. The topological polar surface area (TPSA) is 61.8 Å². The zero-order chi connectivity index (χ0) is 18.4. The van der Waals surface area contributed by atoms with Gasteiger partial charge in [-0.05, 0) is 48.9 Å². The van der Waals surface area contributed by atoms with Gasteiger partial charge in [-0.15, -0.1) is 0 Å². The molecule has 0 saturated heterocycles. The van der Waals surface area contributed by atoms with Crippen molar-refractivity contribution in [3.8, 4) is 11.5 Å². The number of carbonyl (C=O) groups excluding carboxylic acids is 2. The van der Waals surface area contributed by atoms with Crippen LogP contribution in [0.1, 0.15) is 22.8 Å². The number of Topliss-reactive ketones (excluding diaryl/α,β-unsaturated/α-hetero) is 1. The van der Waals surface area contributed by atoms with Crippen molar-refractivity contribution in [2.45, 2.75) is 19.4 Å². The summed E-state index contributed by atoms with van der Waals surface area (Å²) in [6, 6.07) is 10.7. The van der Waals surface area contributed by atoms with Crippen molar-refractivity contribution in [1.29, 1.82) is 0 Å². The molecule has 1 atom stereocenters. The summed E-state index contributed by atoms with van der Waals surface area (Å²) >= 11 is 0. The first-order chi connectivity index (χ1) is 11.9. The first kappa shape index (κ1) is 18.4. The molecule has 132 valence electrons. The van der Waals surface area contributed by atoms with Gasteiger partial charge in [-0.1, -0.05) is 6.07 Å². The van der Waals surface area contributed by atoms with Crippen molar-refractivity contribution in [3.05, 3.63) is 59.4 Å². The Morgan fingerprint density at radius 1 is 1.04 bits per heavy atom. The van der Waals surface area contributed by atoms with Crippen LogP contribution in [0.2, 0.25) is 0 Å². The summed E-state index contributed by atoms with van der Waals surface area (Å²) in [5.41, 5.74) is 0.851. The lowest BCUT2D eigenvalue weighted by molar-refractivity contribution is -0.145. The van der Waals surface area contributed by atoms with E-state index < -0.39 is 17.9 Å². The molecule has 0 aliphatic heterocycles. The van der Waals surface area contributed by atoms with Gasteiger partial charge in [-0.3, -0.25) is 9.59 Å². The van der Waals surface area contributed by atoms with Crippen molar-refractivity contribution < 1.29 is 28.2 Å². The second kappa shape index (κ2) is 8.28. The minimum Gasteiger partial charge on any atom is -0.497 e. The van der Waals surface area contributed by atoms with Crippen molar-refractivity contribution in [1.82, 2.24) is 0 Å². The Labute approximate surface area is 145 Å². The summed E-state index contributed by atoms with van der Waals surface area (Å²) < 4.78 is 28.6. The highest BCUT2D eigenvalue weighted by atomic mass is 19.1. The van der Waals surface area contributed by atoms with E-state index in [0.29, 0.717) is 16.9 Å². The maximum absolute atomic E-state index is 13.6. The number of benzene rings is 2. The molecule has 5 nitrogen and oxygen atoms in total. The molecule has 0 aliphatic carbocycles. The predicted octanol–water partition coefficient (Wildman–Crippen LogP) is 3.20. The maximum Gasteiger partial charge on any atom is 0.310 e. The largest absolute Gasteiger partial charge is 0.497 e. The number of esters is 1. The van der Waals surface area contributed by atoms with E-state index in [9.17, 15) is 14.0 Å². The van der Waals surface area contributed by atoms with Gasteiger partial charge >= 0.3 is 5.97 Å². The molecular weight excluding hydrogens is 327 g/mol. The SMILES string of the molecule is COc1ccc(C(=O)[C@@H](C)OC(=O)Cc2ccc(OC)c(F)c2)cc1. The third-order valence-corrected chi connectivity index (χ3v) is 3.62. The highest BCUT2D eigenvalue weighted by Crippen LogP contribution is 2.19. The molecule has 0 bridgehead atoms. The summed E-state index contributed by atoms with van der Waals surface area (Å²) in [7, 11) is 2.89. The van der Waals surface area contributed by atoms with Gasteiger partial charge in [-0.25, -0.2) is 4.39 Å². The predicted molar refractivity (Wildman–Crippen MR) is 89.5 cm³/mol. The van der Waals surface area contributed by atoms with E-state index in [1.807, 2.05) is 0 Å². The van der Waals surface area contributed by atoms with Gasteiger partial charge < -0.3 is 14.2 Å². The van der Waals surface area contributed by atoms with Crippen LogP contribution in [0, 0.1) is 5.82 Å². The molecular formula is C19H19FO5. The van der Waals surface area contributed by atoms with Crippen LogP contribution in [0.15, 0.2) is 42.5 Å². The van der Waals surface area contributed by atoms with Crippen LogP contribution < -0.4 is 9.47 Å². The summed E-state index contributed by atoms with van der Waals surface area (Å²) in [4.78, 5) is 24.3. The molecule has 0 saturated carbocycles. The molecule has 0 unspecified atom stereocenters. The number of methoxy groups -OCH3 is 2. The smallest absolute Gasteiger partial charge is 0.310 e. The lowest BCUT2D eigenvalue weighted by Gasteiger charge is -2.13. The Bertz CT molecular complexity index is 755.